The minimum atomic E-state index is -0.569. The number of piperidine rings is 2. The molecule has 0 spiro atoms. The molecular weight excluding hydrogens is 718 g/mol. The van der Waals surface area contributed by atoms with Gasteiger partial charge in [0.05, 0.1) is 27.9 Å². The molecule has 1 saturated carbocycles. The number of benzene rings is 2. The molecule has 55 heavy (non-hydrogen) atoms. The van der Waals surface area contributed by atoms with Crippen LogP contribution in [-0.2, 0) is 0 Å². The summed E-state index contributed by atoms with van der Waals surface area (Å²) in [4.78, 5) is 43.4. The lowest BCUT2D eigenvalue weighted by Gasteiger charge is -2.38. The van der Waals surface area contributed by atoms with Crippen molar-refractivity contribution in [3.63, 3.8) is 0 Å². The first-order valence-corrected chi connectivity index (χ1v) is 19.5. The molecule has 3 aromatic heterocycles. The molecule has 5 heterocycles. The highest BCUT2D eigenvalue weighted by atomic mass is 35.5. The van der Waals surface area contributed by atoms with E-state index in [-0.39, 0.29) is 29.1 Å². The Labute approximate surface area is 323 Å². The van der Waals surface area contributed by atoms with Gasteiger partial charge in [-0.2, -0.15) is 5.26 Å². The fraction of sp³-hybridized carbons (Fsp3) is 0.415. The third-order valence-electron chi connectivity index (χ3n) is 11.7. The van der Waals surface area contributed by atoms with E-state index in [1.54, 1.807) is 35.0 Å². The number of nitriles is 1. The van der Waals surface area contributed by atoms with E-state index in [4.69, 9.17) is 27.3 Å². The van der Waals surface area contributed by atoms with Crippen LogP contribution in [0.5, 0.6) is 5.75 Å². The maximum Gasteiger partial charge on any atom is 0.335 e. The van der Waals surface area contributed by atoms with E-state index in [0.717, 1.165) is 80.8 Å². The van der Waals surface area contributed by atoms with Gasteiger partial charge in [-0.15, -0.1) is 10.2 Å². The smallest absolute Gasteiger partial charge is 0.335 e. The molecule has 2 N–H and O–H groups in total. The van der Waals surface area contributed by atoms with Crippen LogP contribution in [-0.4, -0.2) is 73.5 Å². The third-order valence-corrected chi connectivity index (χ3v) is 12.0. The van der Waals surface area contributed by atoms with Crippen LogP contribution in [0.25, 0.3) is 16.6 Å². The summed E-state index contributed by atoms with van der Waals surface area (Å²) in [6.07, 6.45) is 10.6. The summed E-state index contributed by atoms with van der Waals surface area (Å²) in [5, 5.41) is 18.7. The van der Waals surface area contributed by atoms with Crippen molar-refractivity contribution in [2.45, 2.75) is 69.6 Å². The number of hydrogen-bond donors (Lipinski definition) is 1. The Morgan fingerprint density at radius 1 is 0.873 bits per heavy atom. The van der Waals surface area contributed by atoms with Crippen LogP contribution in [0, 0.1) is 17.2 Å². The molecule has 284 valence electrons. The molecule has 0 radical (unpaired) electrons. The number of primary amides is 1. The van der Waals surface area contributed by atoms with Crippen LogP contribution in [0.4, 0.5) is 5.82 Å². The number of carbonyl (C=O) groups excluding carboxylic acids is 1. The van der Waals surface area contributed by atoms with Gasteiger partial charge in [0.1, 0.15) is 11.8 Å². The van der Waals surface area contributed by atoms with Gasteiger partial charge in [-0.05, 0) is 99.7 Å². The Hall–Kier alpha value is -5.45. The number of hydrogen-bond acceptors (Lipinski definition) is 9. The van der Waals surface area contributed by atoms with Crippen LogP contribution in [0.15, 0.2) is 82.6 Å². The van der Waals surface area contributed by atoms with Crippen molar-refractivity contribution in [2.75, 3.05) is 37.6 Å². The monoisotopic (exact) mass is 761 g/mol. The summed E-state index contributed by atoms with van der Waals surface area (Å²) in [6.45, 7) is 4.98. The Morgan fingerprint density at radius 2 is 1.65 bits per heavy atom. The van der Waals surface area contributed by atoms with E-state index in [2.05, 4.69) is 49.0 Å². The standard InChI is InChI=1S/C41H44ClN9O4/c42-34-24-32(7-4-28(34)25-43)55-31-8-5-30(6-9-31)51-39(52)17-23-50(41(51)54)37-3-1-2-36-33(37)16-22-49(36)29-14-18-47(19-15-29)26-27-12-20-48(21-13-27)38-11-10-35(40(44)53)45-46-38/h1-4,7,10-11,16-17,22-24,27,29-31H,5-6,8-9,12-15,18-21,26H2,(H2,44,53). The molecule has 14 heteroatoms. The normalized spacial score (nSPS) is 20.0. The van der Waals surface area contributed by atoms with Crippen molar-refractivity contribution in [3.8, 4) is 17.5 Å². The Bertz CT molecular complexity index is 2340. The minimum absolute atomic E-state index is 0.0714. The molecular formula is C41H44ClN9O4. The molecule has 2 aromatic carbocycles. The van der Waals surface area contributed by atoms with Crippen molar-refractivity contribution in [1.29, 1.82) is 5.26 Å². The molecule has 2 saturated heterocycles. The maximum atomic E-state index is 14.1. The molecule has 2 aliphatic heterocycles. The average molecular weight is 762 g/mol. The Morgan fingerprint density at radius 3 is 2.35 bits per heavy atom. The van der Waals surface area contributed by atoms with Gasteiger partial charge in [0.25, 0.3) is 11.5 Å². The van der Waals surface area contributed by atoms with E-state index >= 15 is 0 Å². The van der Waals surface area contributed by atoms with E-state index in [1.807, 2.05) is 18.2 Å². The minimum Gasteiger partial charge on any atom is -0.490 e. The van der Waals surface area contributed by atoms with Gasteiger partial charge in [0.15, 0.2) is 11.5 Å². The Kier molecular flexibility index (Phi) is 10.4. The lowest BCUT2D eigenvalue weighted by atomic mass is 9.92. The van der Waals surface area contributed by atoms with E-state index in [9.17, 15) is 14.4 Å². The van der Waals surface area contributed by atoms with Gasteiger partial charge >= 0.3 is 5.69 Å². The number of fused-ring (bicyclic) bond motifs is 1. The average Bonchev–Trinajstić information content (AvgIpc) is 3.64. The summed E-state index contributed by atoms with van der Waals surface area (Å²) < 4.78 is 11.6. The summed E-state index contributed by atoms with van der Waals surface area (Å²) in [7, 11) is 0. The number of halogens is 1. The summed E-state index contributed by atoms with van der Waals surface area (Å²) >= 11 is 6.20. The van der Waals surface area contributed by atoms with Gasteiger partial charge in [-0.25, -0.2) is 4.79 Å². The predicted molar refractivity (Wildman–Crippen MR) is 210 cm³/mol. The molecule has 3 aliphatic rings. The molecule has 0 atom stereocenters. The van der Waals surface area contributed by atoms with Gasteiger partial charge in [0, 0.05) is 74.7 Å². The van der Waals surface area contributed by atoms with E-state index in [1.165, 1.54) is 10.6 Å². The highest BCUT2D eigenvalue weighted by molar-refractivity contribution is 6.31. The van der Waals surface area contributed by atoms with Gasteiger partial charge < -0.3 is 24.8 Å². The lowest BCUT2D eigenvalue weighted by molar-refractivity contribution is 0.0994. The topological polar surface area (TPSA) is 157 Å². The number of nitrogens with zero attached hydrogens (tertiary/aromatic N) is 8. The third kappa shape index (κ3) is 7.61. The van der Waals surface area contributed by atoms with Crippen molar-refractivity contribution in [2.24, 2.45) is 11.7 Å². The van der Waals surface area contributed by atoms with Gasteiger partial charge in [-0.3, -0.25) is 18.7 Å². The highest BCUT2D eigenvalue weighted by Gasteiger charge is 2.29. The summed E-state index contributed by atoms with van der Waals surface area (Å²) in [5.41, 5.74) is 7.11. The molecule has 0 bridgehead atoms. The van der Waals surface area contributed by atoms with Crippen LogP contribution < -0.4 is 26.6 Å². The van der Waals surface area contributed by atoms with Crippen LogP contribution >= 0.6 is 11.6 Å². The zero-order valence-corrected chi connectivity index (χ0v) is 31.4. The van der Waals surface area contributed by atoms with Crippen molar-refractivity contribution in [1.82, 2.24) is 28.8 Å². The van der Waals surface area contributed by atoms with Crippen LogP contribution in [0.1, 0.15) is 79.5 Å². The van der Waals surface area contributed by atoms with Crippen LogP contribution in [0.3, 0.4) is 0 Å². The number of rotatable bonds is 9. The quantitative estimate of drug-likeness (QED) is 0.205. The largest absolute Gasteiger partial charge is 0.490 e. The highest BCUT2D eigenvalue weighted by Crippen LogP contribution is 2.33. The molecule has 5 aromatic rings. The number of anilines is 1. The zero-order chi connectivity index (χ0) is 38.1. The van der Waals surface area contributed by atoms with Crippen molar-refractivity contribution < 1.29 is 9.53 Å². The van der Waals surface area contributed by atoms with Crippen molar-refractivity contribution in [3.05, 3.63) is 110 Å². The molecule has 0 unspecified atom stereocenters. The van der Waals surface area contributed by atoms with Crippen molar-refractivity contribution >= 4 is 34.2 Å². The second-order valence-electron chi connectivity index (χ2n) is 15.0. The SMILES string of the molecule is N#Cc1ccc(OC2CCC(n3c(=O)ccn(-c4cccc5c4ccn5C4CCN(CC5CCN(c6ccc(C(N)=O)nn6)CC5)CC4)c3=O)CC2)cc1Cl. The first-order chi connectivity index (χ1) is 26.7. The van der Waals surface area contributed by atoms with Crippen LogP contribution in [0.2, 0.25) is 5.02 Å². The number of amides is 1. The molecule has 1 amide bonds. The number of aromatic nitrogens is 5. The summed E-state index contributed by atoms with van der Waals surface area (Å²) in [5.74, 6) is 1.45. The molecule has 3 fully saturated rings. The van der Waals surface area contributed by atoms with E-state index in [0.29, 0.717) is 54.0 Å². The molecule has 8 rings (SSSR count). The van der Waals surface area contributed by atoms with Gasteiger partial charge in [0.2, 0.25) is 0 Å². The maximum absolute atomic E-state index is 14.1. The number of carbonyl (C=O) groups is 1. The number of ether oxygens (including phenoxy) is 1. The first-order valence-electron chi connectivity index (χ1n) is 19.2. The summed E-state index contributed by atoms with van der Waals surface area (Å²) in [6, 6.07) is 20.4. The van der Waals surface area contributed by atoms with E-state index < -0.39 is 5.91 Å². The fourth-order valence-electron chi connectivity index (χ4n) is 8.70. The lowest BCUT2D eigenvalue weighted by Crippen LogP contribution is -2.42. The molecule has 13 nitrogen and oxygen atoms in total. The van der Waals surface area contributed by atoms with Gasteiger partial charge in [-0.1, -0.05) is 17.7 Å². The number of likely N-dealkylation sites (tertiary alicyclic amines) is 1. The second-order valence-corrected chi connectivity index (χ2v) is 15.4. The molecule has 1 aliphatic carbocycles. The first kappa shape index (κ1) is 36.5. The Balaban J connectivity index is 0.890. The number of nitrogens with two attached hydrogens (primary N) is 1. The predicted octanol–water partition coefficient (Wildman–Crippen LogP) is 5.48. The fourth-order valence-corrected chi connectivity index (χ4v) is 8.91. The zero-order valence-electron chi connectivity index (χ0n) is 30.6. The second kappa shape index (κ2) is 15.7.